The Labute approximate surface area is 111 Å². The Morgan fingerprint density at radius 1 is 1.33 bits per heavy atom. The van der Waals surface area contributed by atoms with E-state index in [4.69, 9.17) is 4.74 Å². The molecule has 0 heterocycles. The molecule has 2 heteroatoms. The maximum Gasteiger partial charge on any atom is 0.126 e. The van der Waals surface area contributed by atoms with Gasteiger partial charge in [0.05, 0.1) is 5.71 Å². The number of hydrogen-bond acceptors (Lipinski definition) is 2. The highest BCUT2D eigenvalue weighted by molar-refractivity contribution is 5.83. The van der Waals surface area contributed by atoms with Crippen LogP contribution < -0.4 is 0 Å². The lowest BCUT2D eigenvalue weighted by atomic mass is 10.0. The van der Waals surface area contributed by atoms with Gasteiger partial charge in [0.2, 0.25) is 0 Å². The number of hydrogen-bond donors (Lipinski definition) is 0. The number of ether oxygens (including phenoxy) is 1. The molecule has 2 nitrogen and oxygen atoms in total. The fraction of sp³-hybridized carbons (Fsp3) is 0.438. The van der Waals surface area contributed by atoms with Crippen LogP contribution in [-0.2, 0) is 4.74 Å². The molecular weight excluding hydrogens is 222 g/mol. The van der Waals surface area contributed by atoms with Gasteiger partial charge in [-0.05, 0) is 38.8 Å². The third kappa shape index (κ3) is 7.66. The van der Waals surface area contributed by atoms with Crippen molar-refractivity contribution in [2.45, 2.75) is 34.6 Å². The minimum absolute atomic E-state index is 0.492. The average molecular weight is 247 g/mol. The molecule has 18 heavy (non-hydrogen) atoms. The fourth-order valence-electron chi connectivity index (χ4n) is 1.07. The van der Waals surface area contributed by atoms with Crippen molar-refractivity contribution in [1.29, 1.82) is 0 Å². The van der Waals surface area contributed by atoms with Crippen LogP contribution in [0.5, 0.6) is 0 Å². The van der Waals surface area contributed by atoms with E-state index in [0.29, 0.717) is 12.5 Å². The zero-order valence-electron chi connectivity index (χ0n) is 12.2. The molecule has 0 bridgehead atoms. The zero-order chi connectivity index (χ0) is 14.0. The van der Waals surface area contributed by atoms with Crippen molar-refractivity contribution < 1.29 is 4.74 Å². The van der Waals surface area contributed by atoms with E-state index in [1.807, 2.05) is 26.0 Å². The molecule has 100 valence electrons. The van der Waals surface area contributed by atoms with Gasteiger partial charge in [0.25, 0.3) is 0 Å². The van der Waals surface area contributed by atoms with Crippen LogP contribution in [0.1, 0.15) is 34.6 Å². The molecule has 0 saturated carbocycles. The molecule has 0 unspecified atom stereocenters. The first kappa shape index (κ1) is 16.4. The standard InChI is InChI=1S/C16H25NO/c1-7-9-16(11-14(5)13(3)4)18-12-15(6)17-10-8-2/h7-11,13H,1,12H2,2-6H3/b10-8-,14-11+,16-9+,17-15?. The predicted molar refractivity (Wildman–Crippen MR) is 80.8 cm³/mol. The molecule has 0 aliphatic heterocycles. The van der Waals surface area contributed by atoms with Crippen molar-refractivity contribution in [2.75, 3.05) is 6.61 Å². The summed E-state index contributed by atoms with van der Waals surface area (Å²) in [4.78, 5) is 4.23. The van der Waals surface area contributed by atoms with Gasteiger partial charge < -0.3 is 4.74 Å². The summed E-state index contributed by atoms with van der Waals surface area (Å²) in [5.74, 6) is 1.34. The van der Waals surface area contributed by atoms with Gasteiger partial charge in [0.15, 0.2) is 0 Å². The quantitative estimate of drug-likeness (QED) is 0.364. The zero-order valence-corrected chi connectivity index (χ0v) is 12.2. The van der Waals surface area contributed by atoms with Crippen molar-refractivity contribution in [2.24, 2.45) is 10.9 Å². The maximum absolute atomic E-state index is 5.71. The summed E-state index contributed by atoms with van der Waals surface area (Å²) >= 11 is 0. The van der Waals surface area contributed by atoms with Crippen LogP contribution >= 0.6 is 0 Å². The maximum atomic E-state index is 5.71. The molecule has 0 aliphatic rings. The second-order valence-electron chi connectivity index (χ2n) is 4.48. The number of allylic oxidation sites excluding steroid dienone is 5. The van der Waals surface area contributed by atoms with Gasteiger partial charge in [0, 0.05) is 6.20 Å². The Morgan fingerprint density at radius 3 is 2.50 bits per heavy atom. The topological polar surface area (TPSA) is 21.6 Å². The van der Waals surface area contributed by atoms with Crippen molar-refractivity contribution in [3.8, 4) is 0 Å². The molecule has 0 fully saturated rings. The van der Waals surface area contributed by atoms with E-state index >= 15 is 0 Å². The van der Waals surface area contributed by atoms with E-state index in [1.54, 1.807) is 12.3 Å². The first-order valence-corrected chi connectivity index (χ1v) is 6.29. The van der Waals surface area contributed by atoms with Crippen molar-refractivity contribution in [3.63, 3.8) is 0 Å². The lowest BCUT2D eigenvalue weighted by Gasteiger charge is -2.09. The van der Waals surface area contributed by atoms with E-state index in [1.165, 1.54) is 5.57 Å². The molecule has 0 aromatic rings. The van der Waals surface area contributed by atoms with E-state index < -0.39 is 0 Å². The highest BCUT2D eigenvalue weighted by atomic mass is 16.5. The monoisotopic (exact) mass is 247 g/mol. The lowest BCUT2D eigenvalue weighted by Crippen LogP contribution is -2.04. The van der Waals surface area contributed by atoms with Gasteiger partial charge >= 0.3 is 0 Å². The summed E-state index contributed by atoms with van der Waals surface area (Å²) in [6, 6.07) is 0. The highest BCUT2D eigenvalue weighted by Gasteiger charge is 2.00. The lowest BCUT2D eigenvalue weighted by molar-refractivity contribution is 0.272. The van der Waals surface area contributed by atoms with Crippen LogP contribution in [0.2, 0.25) is 0 Å². The van der Waals surface area contributed by atoms with Gasteiger partial charge in [-0.25, -0.2) is 0 Å². The molecule has 0 atom stereocenters. The Hall–Kier alpha value is -1.57. The van der Waals surface area contributed by atoms with E-state index in [0.717, 1.165) is 11.5 Å². The highest BCUT2D eigenvalue weighted by Crippen LogP contribution is 2.12. The van der Waals surface area contributed by atoms with Gasteiger partial charge in [-0.15, -0.1) is 0 Å². The molecule has 0 saturated heterocycles. The van der Waals surface area contributed by atoms with Crippen LogP contribution in [0.4, 0.5) is 0 Å². The molecular formula is C16H25NO. The molecule has 0 N–H and O–H groups in total. The minimum Gasteiger partial charge on any atom is -0.488 e. The molecule has 0 amide bonds. The normalized spacial score (nSPS) is 14.4. The Balaban J connectivity index is 4.63. The first-order chi connectivity index (χ1) is 8.51. The van der Waals surface area contributed by atoms with Crippen molar-refractivity contribution in [3.05, 3.63) is 48.4 Å². The van der Waals surface area contributed by atoms with Gasteiger partial charge in [-0.2, -0.15) is 0 Å². The van der Waals surface area contributed by atoms with Crippen LogP contribution in [0.3, 0.4) is 0 Å². The smallest absolute Gasteiger partial charge is 0.126 e. The SMILES string of the molecule is C=C/C=C(\C=C(/C)C(C)C)OCC(C)=N/C=C\C. The summed E-state index contributed by atoms with van der Waals surface area (Å²) in [5, 5.41) is 0. The largest absolute Gasteiger partial charge is 0.488 e. The first-order valence-electron chi connectivity index (χ1n) is 6.29. The summed E-state index contributed by atoms with van der Waals surface area (Å²) in [6.07, 6.45) is 9.32. The average Bonchev–Trinajstić information content (AvgIpc) is 2.33. The molecule has 0 aromatic heterocycles. The Morgan fingerprint density at radius 2 is 2.00 bits per heavy atom. The Kier molecular flexibility index (Phi) is 8.63. The number of rotatable bonds is 7. The Bertz CT molecular complexity index is 371. The third-order valence-electron chi connectivity index (χ3n) is 2.45. The summed E-state index contributed by atoms with van der Waals surface area (Å²) in [6.45, 7) is 14.5. The summed E-state index contributed by atoms with van der Waals surface area (Å²) in [7, 11) is 0. The van der Waals surface area contributed by atoms with E-state index in [-0.39, 0.29) is 0 Å². The fourth-order valence-corrected chi connectivity index (χ4v) is 1.07. The second kappa shape index (κ2) is 9.46. The van der Waals surface area contributed by atoms with Crippen LogP contribution in [-0.4, -0.2) is 12.3 Å². The number of nitrogens with zero attached hydrogens (tertiary/aromatic N) is 1. The second-order valence-corrected chi connectivity index (χ2v) is 4.48. The van der Waals surface area contributed by atoms with E-state index in [2.05, 4.69) is 38.4 Å². The third-order valence-corrected chi connectivity index (χ3v) is 2.45. The van der Waals surface area contributed by atoms with Crippen LogP contribution in [0.15, 0.2) is 53.4 Å². The predicted octanol–water partition coefficient (Wildman–Crippen LogP) is 4.67. The van der Waals surface area contributed by atoms with Crippen LogP contribution in [0, 0.1) is 5.92 Å². The minimum atomic E-state index is 0.492. The molecule has 0 aromatic carbocycles. The van der Waals surface area contributed by atoms with Crippen molar-refractivity contribution >= 4 is 5.71 Å². The van der Waals surface area contributed by atoms with Crippen molar-refractivity contribution in [1.82, 2.24) is 0 Å². The number of aliphatic imine (C=N–C) groups is 1. The van der Waals surface area contributed by atoms with Crippen LogP contribution in [0.25, 0.3) is 0 Å². The van der Waals surface area contributed by atoms with Gasteiger partial charge in [-0.1, -0.05) is 38.2 Å². The molecule has 0 aliphatic carbocycles. The molecule has 0 rings (SSSR count). The molecule has 0 spiro atoms. The summed E-state index contributed by atoms with van der Waals surface area (Å²) < 4.78 is 5.71. The molecule has 0 radical (unpaired) electrons. The van der Waals surface area contributed by atoms with Gasteiger partial charge in [0.1, 0.15) is 12.4 Å². The van der Waals surface area contributed by atoms with Gasteiger partial charge in [-0.3, -0.25) is 4.99 Å². The van der Waals surface area contributed by atoms with E-state index in [9.17, 15) is 0 Å². The summed E-state index contributed by atoms with van der Waals surface area (Å²) in [5.41, 5.74) is 2.23.